The molecule has 5 heteroatoms. The Labute approximate surface area is 87.2 Å². The van der Waals surface area contributed by atoms with Crippen molar-refractivity contribution in [2.75, 3.05) is 7.05 Å². The normalized spacial score (nSPS) is 8.50. The minimum Gasteiger partial charge on any atom is -1.00 e. The number of amides is 1. The van der Waals surface area contributed by atoms with Crippen LogP contribution < -0.4 is 29.0 Å². The second kappa shape index (κ2) is 5.04. The SMILES string of the molecule is CN(O)C(=O)c1cccc[nH+]1.[I-]. The van der Waals surface area contributed by atoms with Crippen molar-refractivity contribution in [2.45, 2.75) is 0 Å². The summed E-state index contributed by atoms with van der Waals surface area (Å²) in [6.45, 7) is 0. The Kier molecular flexibility index (Phi) is 4.75. The van der Waals surface area contributed by atoms with Crippen LogP contribution in [0.4, 0.5) is 0 Å². The number of carbonyl (C=O) groups is 1. The summed E-state index contributed by atoms with van der Waals surface area (Å²) in [4.78, 5) is 13.7. The molecule has 1 heterocycles. The van der Waals surface area contributed by atoms with Crippen molar-refractivity contribution < 1.29 is 39.0 Å². The summed E-state index contributed by atoms with van der Waals surface area (Å²) >= 11 is 0. The summed E-state index contributed by atoms with van der Waals surface area (Å²) < 4.78 is 0. The Morgan fingerprint density at radius 3 is 2.67 bits per heavy atom. The molecule has 0 aromatic carbocycles. The summed E-state index contributed by atoms with van der Waals surface area (Å²) in [6.07, 6.45) is 1.62. The number of rotatable bonds is 1. The second-order valence-electron chi connectivity index (χ2n) is 2.11. The van der Waals surface area contributed by atoms with Crippen LogP contribution in [-0.4, -0.2) is 23.2 Å². The quantitative estimate of drug-likeness (QED) is 0.338. The molecule has 2 N–H and O–H groups in total. The van der Waals surface area contributed by atoms with Gasteiger partial charge in [-0.25, -0.2) is 10.0 Å². The monoisotopic (exact) mass is 280 g/mol. The molecule has 1 aromatic heterocycles. The van der Waals surface area contributed by atoms with Gasteiger partial charge in [-0.15, -0.1) is 0 Å². The van der Waals surface area contributed by atoms with Crippen molar-refractivity contribution in [2.24, 2.45) is 0 Å². The molecule has 0 bridgehead atoms. The molecule has 0 aliphatic rings. The highest BCUT2D eigenvalue weighted by Crippen LogP contribution is 1.91. The van der Waals surface area contributed by atoms with Crippen molar-refractivity contribution in [3.8, 4) is 0 Å². The minimum absolute atomic E-state index is 0. The van der Waals surface area contributed by atoms with Crippen LogP contribution in [0.1, 0.15) is 10.5 Å². The number of nitrogens with one attached hydrogen (secondary N) is 1. The number of hydroxylamine groups is 2. The van der Waals surface area contributed by atoms with Gasteiger partial charge in [0.2, 0.25) is 0 Å². The molecule has 0 spiro atoms. The van der Waals surface area contributed by atoms with E-state index in [4.69, 9.17) is 5.21 Å². The zero-order valence-electron chi connectivity index (χ0n) is 6.49. The van der Waals surface area contributed by atoms with Crippen molar-refractivity contribution in [3.05, 3.63) is 30.1 Å². The van der Waals surface area contributed by atoms with Crippen molar-refractivity contribution in [3.63, 3.8) is 0 Å². The molecule has 0 atom stereocenters. The van der Waals surface area contributed by atoms with Crippen LogP contribution in [0.15, 0.2) is 24.4 Å². The van der Waals surface area contributed by atoms with E-state index in [1.54, 1.807) is 24.4 Å². The fraction of sp³-hybridized carbons (Fsp3) is 0.143. The Hall–Kier alpha value is -0.690. The van der Waals surface area contributed by atoms with Gasteiger partial charge in [0, 0.05) is 19.2 Å². The lowest BCUT2D eigenvalue weighted by molar-refractivity contribution is -0.383. The number of carbonyl (C=O) groups excluding carboxylic acids is 1. The maximum atomic E-state index is 11.0. The van der Waals surface area contributed by atoms with Gasteiger partial charge in [-0.1, -0.05) is 0 Å². The fourth-order valence-corrected chi connectivity index (χ4v) is 0.701. The second-order valence-corrected chi connectivity index (χ2v) is 2.11. The van der Waals surface area contributed by atoms with Crippen molar-refractivity contribution in [1.29, 1.82) is 0 Å². The van der Waals surface area contributed by atoms with Gasteiger partial charge in [-0.05, 0) is 6.07 Å². The number of H-pyrrole nitrogens is 1. The average molecular weight is 280 g/mol. The van der Waals surface area contributed by atoms with E-state index >= 15 is 0 Å². The van der Waals surface area contributed by atoms with Gasteiger partial charge in [-0.2, -0.15) is 0 Å². The zero-order valence-corrected chi connectivity index (χ0v) is 8.65. The Morgan fingerprint density at radius 1 is 1.58 bits per heavy atom. The molecule has 0 aliphatic heterocycles. The highest BCUT2D eigenvalue weighted by molar-refractivity contribution is 5.89. The first-order valence-corrected chi connectivity index (χ1v) is 3.15. The molecular formula is C7H9IN2O2. The molecule has 0 saturated heterocycles. The molecule has 4 nitrogen and oxygen atoms in total. The highest BCUT2D eigenvalue weighted by atomic mass is 127. The number of nitrogens with zero attached hydrogens (tertiary/aromatic N) is 1. The summed E-state index contributed by atoms with van der Waals surface area (Å²) in [6, 6.07) is 5.07. The number of aromatic nitrogens is 1. The third kappa shape index (κ3) is 2.74. The van der Waals surface area contributed by atoms with Gasteiger partial charge < -0.3 is 24.0 Å². The molecule has 0 radical (unpaired) electrons. The van der Waals surface area contributed by atoms with E-state index < -0.39 is 5.91 Å². The number of aromatic amines is 1. The highest BCUT2D eigenvalue weighted by Gasteiger charge is 2.14. The lowest BCUT2D eigenvalue weighted by atomic mass is 10.3. The average Bonchev–Trinajstić information content (AvgIpc) is 2.05. The van der Waals surface area contributed by atoms with E-state index in [9.17, 15) is 4.79 Å². The van der Waals surface area contributed by atoms with E-state index in [1.165, 1.54) is 7.05 Å². The molecular weight excluding hydrogens is 271 g/mol. The van der Waals surface area contributed by atoms with Gasteiger partial charge in [0.1, 0.15) is 0 Å². The van der Waals surface area contributed by atoms with Gasteiger partial charge >= 0.3 is 5.91 Å². The van der Waals surface area contributed by atoms with Gasteiger partial charge in [0.25, 0.3) is 5.69 Å². The first-order valence-electron chi connectivity index (χ1n) is 3.15. The van der Waals surface area contributed by atoms with Crippen LogP contribution in [0.2, 0.25) is 0 Å². The molecule has 0 unspecified atom stereocenters. The molecule has 1 rings (SSSR count). The van der Waals surface area contributed by atoms with Gasteiger partial charge in [0.05, 0.1) is 0 Å². The lowest BCUT2D eigenvalue weighted by Crippen LogP contribution is -3.00. The van der Waals surface area contributed by atoms with Crippen LogP contribution in [0.25, 0.3) is 0 Å². The molecule has 1 aromatic rings. The summed E-state index contributed by atoms with van der Waals surface area (Å²) in [5.74, 6) is -0.453. The van der Waals surface area contributed by atoms with Gasteiger partial charge in [-0.3, -0.25) is 10.0 Å². The van der Waals surface area contributed by atoms with Crippen molar-refractivity contribution in [1.82, 2.24) is 5.06 Å². The summed E-state index contributed by atoms with van der Waals surface area (Å²) in [7, 11) is 1.28. The molecule has 0 fully saturated rings. The van der Waals surface area contributed by atoms with Crippen LogP contribution in [-0.2, 0) is 0 Å². The molecule has 1 amide bonds. The minimum atomic E-state index is -0.453. The fourth-order valence-electron chi connectivity index (χ4n) is 0.701. The predicted molar refractivity (Wildman–Crippen MR) is 36.9 cm³/mol. The number of hydrogen-bond acceptors (Lipinski definition) is 2. The van der Waals surface area contributed by atoms with E-state index in [0.717, 1.165) is 0 Å². The third-order valence-corrected chi connectivity index (χ3v) is 1.23. The van der Waals surface area contributed by atoms with Crippen LogP contribution in [0, 0.1) is 0 Å². The number of pyridine rings is 1. The van der Waals surface area contributed by atoms with Crippen LogP contribution in [0.5, 0.6) is 0 Å². The molecule has 0 aliphatic carbocycles. The van der Waals surface area contributed by atoms with E-state index in [1.807, 2.05) is 0 Å². The summed E-state index contributed by atoms with van der Waals surface area (Å²) in [5, 5.41) is 9.27. The first kappa shape index (κ1) is 11.3. The number of halogens is 1. The molecule has 0 saturated carbocycles. The third-order valence-electron chi connectivity index (χ3n) is 1.23. The lowest BCUT2D eigenvalue weighted by Gasteiger charge is -2.02. The van der Waals surface area contributed by atoms with Crippen molar-refractivity contribution >= 4 is 5.91 Å². The Morgan fingerprint density at radius 2 is 2.25 bits per heavy atom. The van der Waals surface area contributed by atoms with E-state index in [-0.39, 0.29) is 24.0 Å². The van der Waals surface area contributed by atoms with E-state index in [2.05, 4.69) is 4.98 Å². The maximum absolute atomic E-state index is 11.0. The smallest absolute Gasteiger partial charge is 0.341 e. The first-order chi connectivity index (χ1) is 5.22. The summed E-state index contributed by atoms with van der Waals surface area (Å²) in [5.41, 5.74) is 0.359. The Balaban J connectivity index is 0.00000121. The maximum Gasteiger partial charge on any atom is 0.341 e. The van der Waals surface area contributed by atoms with Crippen LogP contribution >= 0.6 is 0 Å². The van der Waals surface area contributed by atoms with Crippen LogP contribution in [0.3, 0.4) is 0 Å². The molecule has 66 valence electrons. The molecule has 12 heavy (non-hydrogen) atoms. The topological polar surface area (TPSA) is 54.7 Å². The standard InChI is InChI=1S/C7H8N2O2.HI/c1-9(11)7(10)6-4-2-3-5-8-6;/h2-5,11H,1H3;1H. The number of hydrogen-bond donors (Lipinski definition) is 1. The van der Waals surface area contributed by atoms with Gasteiger partial charge in [0.15, 0.2) is 6.20 Å². The Bertz CT molecular complexity index is 251. The largest absolute Gasteiger partial charge is 1.00 e. The van der Waals surface area contributed by atoms with E-state index in [0.29, 0.717) is 10.8 Å². The zero-order chi connectivity index (χ0) is 8.27. The predicted octanol–water partition coefficient (Wildman–Crippen LogP) is -3.03.